The zero-order valence-electron chi connectivity index (χ0n) is 12.2. The molecule has 4 N–H and O–H groups in total. The predicted octanol–water partition coefficient (Wildman–Crippen LogP) is 1.22. The van der Waals surface area contributed by atoms with Gasteiger partial charge in [-0.05, 0) is 23.8 Å². The molecular formula is C15H14N8. The Morgan fingerprint density at radius 1 is 1.04 bits per heavy atom. The minimum absolute atomic E-state index is 0.182. The summed E-state index contributed by atoms with van der Waals surface area (Å²) in [7, 11) is 0. The van der Waals surface area contributed by atoms with Crippen LogP contribution >= 0.6 is 0 Å². The van der Waals surface area contributed by atoms with Crippen LogP contribution in [0.15, 0.2) is 49.1 Å². The first-order valence-electron chi connectivity index (χ1n) is 7.03. The Morgan fingerprint density at radius 2 is 1.87 bits per heavy atom. The lowest BCUT2D eigenvalue weighted by Gasteiger charge is -2.06. The smallest absolute Gasteiger partial charge is 0.224 e. The molecule has 0 saturated heterocycles. The molecule has 0 saturated carbocycles. The van der Waals surface area contributed by atoms with Crippen LogP contribution < -0.4 is 11.5 Å². The van der Waals surface area contributed by atoms with Gasteiger partial charge in [-0.1, -0.05) is 12.1 Å². The summed E-state index contributed by atoms with van der Waals surface area (Å²) in [5.41, 5.74) is 14.7. The molecule has 0 aliphatic rings. The monoisotopic (exact) mass is 306 g/mol. The van der Waals surface area contributed by atoms with Crippen molar-refractivity contribution < 1.29 is 0 Å². The van der Waals surface area contributed by atoms with Crippen molar-refractivity contribution in [2.75, 3.05) is 11.5 Å². The summed E-state index contributed by atoms with van der Waals surface area (Å²) < 4.78 is 3.55. The Morgan fingerprint density at radius 3 is 2.61 bits per heavy atom. The molecule has 0 amide bonds. The lowest BCUT2D eigenvalue weighted by atomic mass is 10.2. The molecule has 4 aromatic rings. The molecule has 0 aliphatic heterocycles. The molecule has 0 bridgehead atoms. The van der Waals surface area contributed by atoms with Crippen molar-refractivity contribution in [1.82, 2.24) is 29.3 Å². The molecule has 0 atom stereocenters. The van der Waals surface area contributed by atoms with Crippen LogP contribution in [0.2, 0.25) is 0 Å². The second-order valence-corrected chi connectivity index (χ2v) is 5.14. The number of rotatable bonds is 3. The summed E-state index contributed by atoms with van der Waals surface area (Å²) in [5, 5.41) is 4.19. The molecule has 0 unspecified atom stereocenters. The van der Waals surface area contributed by atoms with Gasteiger partial charge in [0.25, 0.3) is 0 Å². The van der Waals surface area contributed by atoms with Crippen LogP contribution in [-0.4, -0.2) is 29.3 Å². The number of fused-ring (bicyclic) bond motifs is 1. The third-order valence-corrected chi connectivity index (χ3v) is 3.52. The number of imidazole rings is 1. The van der Waals surface area contributed by atoms with Gasteiger partial charge in [0.1, 0.15) is 0 Å². The number of nitrogens with zero attached hydrogens (tertiary/aromatic N) is 6. The van der Waals surface area contributed by atoms with Gasteiger partial charge in [0.15, 0.2) is 17.0 Å². The minimum atomic E-state index is 0.182. The molecule has 0 fully saturated rings. The standard InChI is InChI=1S/C15H14N8/c16-11-4-2-10(3-5-11)8-22-9-18-12-13(22)20-15(17)21-14(12)23-7-1-6-19-23/h1-7,9H,8,16H2,(H2,17,20,21). The lowest BCUT2D eigenvalue weighted by molar-refractivity contribution is 0.812. The number of hydrogen-bond acceptors (Lipinski definition) is 6. The summed E-state index contributed by atoms with van der Waals surface area (Å²) >= 11 is 0. The molecular weight excluding hydrogens is 292 g/mol. The van der Waals surface area contributed by atoms with Crippen LogP contribution in [0.1, 0.15) is 5.56 Å². The van der Waals surface area contributed by atoms with E-state index in [4.69, 9.17) is 11.5 Å². The highest BCUT2D eigenvalue weighted by atomic mass is 15.3. The van der Waals surface area contributed by atoms with E-state index in [2.05, 4.69) is 20.1 Å². The van der Waals surface area contributed by atoms with E-state index >= 15 is 0 Å². The summed E-state index contributed by atoms with van der Waals surface area (Å²) in [6.07, 6.45) is 5.19. The van der Waals surface area contributed by atoms with Gasteiger partial charge in [0.2, 0.25) is 5.95 Å². The Bertz CT molecular complexity index is 953. The van der Waals surface area contributed by atoms with Crippen molar-refractivity contribution in [2.45, 2.75) is 6.54 Å². The van der Waals surface area contributed by atoms with Crippen LogP contribution in [0.3, 0.4) is 0 Å². The van der Waals surface area contributed by atoms with Crippen molar-refractivity contribution >= 4 is 22.8 Å². The van der Waals surface area contributed by atoms with Crippen LogP contribution in [0.25, 0.3) is 17.0 Å². The SMILES string of the molecule is Nc1ccc(Cn2cnc3c(-n4cccn4)nc(N)nc32)cc1. The van der Waals surface area contributed by atoms with Crippen LogP contribution in [0.4, 0.5) is 11.6 Å². The van der Waals surface area contributed by atoms with Crippen LogP contribution in [0, 0.1) is 0 Å². The average Bonchev–Trinajstić information content (AvgIpc) is 3.19. The molecule has 114 valence electrons. The summed E-state index contributed by atoms with van der Waals surface area (Å²) in [5.74, 6) is 0.746. The number of nitrogens with two attached hydrogens (primary N) is 2. The normalized spacial score (nSPS) is 11.1. The number of nitrogen functional groups attached to an aromatic ring is 2. The van der Waals surface area contributed by atoms with E-state index in [1.807, 2.05) is 34.9 Å². The Balaban J connectivity index is 1.81. The minimum Gasteiger partial charge on any atom is -0.399 e. The van der Waals surface area contributed by atoms with Gasteiger partial charge in [-0.25, -0.2) is 9.67 Å². The topological polar surface area (TPSA) is 113 Å². The van der Waals surface area contributed by atoms with Gasteiger partial charge in [0.05, 0.1) is 12.9 Å². The molecule has 3 aromatic heterocycles. The average molecular weight is 306 g/mol. The van der Waals surface area contributed by atoms with E-state index in [0.717, 1.165) is 11.3 Å². The fourth-order valence-corrected chi connectivity index (χ4v) is 2.44. The first-order chi connectivity index (χ1) is 11.2. The number of benzene rings is 1. The van der Waals surface area contributed by atoms with Crippen LogP contribution in [-0.2, 0) is 6.54 Å². The van der Waals surface area contributed by atoms with Gasteiger partial charge in [-0.15, -0.1) is 0 Å². The highest BCUT2D eigenvalue weighted by molar-refractivity contribution is 5.79. The summed E-state index contributed by atoms with van der Waals surface area (Å²) in [4.78, 5) is 13.0. The van der Waals surface area contributed by atoms with Gasteiger partial charge < -0.3 is 16.0 Å². The van der Waals surface area contributed by atoms with Gasteiger partial charge in [-0.2, -0.15) is 15.1 Å². The first-order valence-corrected chi connectivity index (χ1v) is 7.03. The zero-order chi connectivity index (χ0) is 15.8. The molecule has 23 heavy (non-hydrogen) atoms. The van der Waals surface area contributed by atoms with E-state index in [-0.39, 0.29) is 5.95 Å². The Labute approximate surface area is 131 Å². The van der Waals surface area contributed by atoms with Gasteiger partial charge >= 0.3 is 0 Å². The second kappa shape index (κ2) is 5.09. The van der Waals surface area contributed by atoms with E-state index in [1.165, 1.54) is 0 Å². The Kier molecular flexibility index (Phi) is 2.94. The summed E-state index contributed by atoms with van der Waals surface area (Å²) in [6.45, 7) is 0.617. The van der Waals surface area contributed by atoms with E-state index in [9.17, 15) is 0 Å². The lowest BCUT2D eigenvalue weighted by Crippen LogP contribution is -2.06. The van der Waals surface area contributed by atoms with Crippen LogP contribution in [0.5, 0.6) is 0 Å². The molecule has 3 heterocycles. The number of hydrogen-bond donors (Lipinski definition) is 2. The maximum absolute atomic E-state index is 5.85. The van der Waals surface area contributed by atoms with Crippen molar-refractivity contribution in [3.8, 4) is 5.82 Å². The van der Waals surface area contributed by atoms with Gasteiger partial charge in [-0.3, -0.25) is 0 Å². The van der Waals surface area contributed by atoms with Crippen molar-refractivity contribution in [3.63, 3.8) is 0 Å². The molecule has 4 rings (SSSR count). The van der Waals surface area contributed by atoms with Crippen molar-refractivity contribution in [1.29, 1.82) is 0 Å². The highest BCUT2D eigenvalue weighted by Crippen LogP contribution is 2.19. The highest BCUT2D eigenvalue weighted by Gasteiger charge is 2.14. The van der Waals surface area contributed by atoms with Crippen molar-refractivity contribution in [3.05, 3.63) is 54.6 Å². The Hall–Kier alpha value is -3.42. The number of aromatic nitrogens is 6. The molecule has 0 radical (unpaired) electrons. The largest absolute Gasteiger partial charge is 0.399 e. The first kappa shape index (κ1) is 13.3. The fraction of sp³-hybridized carbons (Fsp3) is 0.0667. The third-order valence-electron chi connectivity index (χ3n) is 3.52. The molecule has 0 spiro atoms. The summed E-state index contributed by atoms with van der Waals surface area (Å²) in [6, 6.07) is 9.50. The maximum Gasteiger partial charge on any atom is 0.224 e. The second-order valence-electron chi connectivity index (χ2n) is 5.14. The van der Waals surface area contributed by atoms with E-state index < -0.39 is 0 Å². The maximum atomic E-state index is 5.85. The third kappa shape index (κ3) is 2.35. The van der Waals surface area contributed by atoms with Crippen molar-refractivity contribution in [2.24, 2.45) is 0 Å². The quantitative estimate of drug-likeness (QED) is 0.550. The molecule has 0 aliphatic carbocycles. The zero-order valence-corrected chi connectivity index (χ0v) is 12.2. The van der Waals surface area contributed by atoms with E-state index in [0.29, 0.717) is 23.5 Å². The molecule has 8 heteroatoms. The van der Waals surface area contributed by atoms with E-state index in [1.54, 1.807) is 23.4 Å². The number of anilines is 2. The van der Waals surface area contributed by atoms with Gasteiger partial charge in [0, 0.05) is 18.1 Å². The fourth-order valence-electron chi connectivity index (χ4n) is 2.44. The molecule has 8 nitrogen and oxygen atoms in total. The predicted molar refractivity (Wildman–Crippen MR) is 86.8 cm³/mol. The molecule has 1 aromatic carbocycles.